The maximum atomic E-state index is 13.4. The van der Waals surface area contributed by atoms with E-state index in [0.717, 1.165) is 10.00 Å². The minimum Gasteiger partial charge on any atom is -0.478 e. The summed E-state index contributed by atoms with van der Waals surface area (Å²) < 4.78 is 0. The number of rotatable bonds is 6. The van der Waals surface area contributed by atoms with Gasteiger partial charge in [-0.3, -0.25) is 9.89 Å². The number of carboxylic acid groups (broad SMARTS) is 1. The fourth-order valence-corrected chi connectivity index (χ4v) is 4.68. The lowest BCUT2D eigenvalue weighted by atomic mass is 10.1. The Bertz CT molecular complexity index is 1210. The van der Waals surface area contributed by atoms with Crippen molar-refractivity contribution in [3.8, 4) is 21.8 Å². The quantitative estimate of drug-likeness (QED) is 0.290. The van der Waals surface area contributed by atoms with Gasteiger partial charge in [0.25, 0.3) is 0 Å². The monoisotopic (exact) mass is 440 g/mol. The Morgan fingerprint density at radius 2 is 1.97 bits per heavy atom. The fraction of sp³-hybridized carbons (Fsp3) is 0.200. The van der Waals surface area contributed by atoms with E-state index in [1.165, 1.54) is 11.3 Å². The molecule has 4 rings (SSSR count). The number of aromatic nitrogens is 2. The molecule has 0 spiro atoms. The Morgan fingerprint density at radius 3 is 2.61 bits per heavy atom. The van der Waals surface area contributed by atoms with Gasteiger partial charge in [-0.1, -0.05) is 19.1 Å². The number of ketones is 1. The number of urea groups is 1. The number of thiophene rings is 1. The number of nitrogens with zero attached hydrogens (tertiary/aromatic N) is 2. The van der Waals surface area contributed by atoms with Crippen LogP contribution in [0.15, 0.2) is 24.3 Å². The van der Waals surface area contributed by atoms with Gasteiger partial charge in [-0.05, 0) is 18.6 Å². The van der Waals surface area contributed by atoms with Crippen molar-refractivity contribution >= 4 is 34.8 Å². The number of aromatic amines is 1. The van der Waals surface area contributed by atoms with E-state index in [2.05, 4.69) is 26.4 Å². The number of benzene rings is 1. The number of hydrazine groups is 2. The van der Waals surface area contributed by atoms with Gasteiger partial charge in [0.05, 0.1) is 32.9 Å². The highest BCUT2D eigenvalue weighted by atomic mass is 32.1. The molecule has 0 bridgehead atoms. The van der Waals surface area contributed by atoms with Crippen molar-refractivity contribution in [2.24, 2.45) is 0 Å². The van der Waals surface area contributed by atoms with Crippen molar-refractivity contribution < 1.29 is 19.5 Å². The first-order valence-electron chi connectivity index (χ1n) is 9.49. The van der Waals surface area contributed by atoms with Gasteiger partial charge in [0.15, 0.2) is 5.78 Å². The lowest BCUT2D eigenvalue weighted by Crippen LogP contribution is -2.50. The number of carbonyl (C=O) groups excluding carboxylic acids is 2. The van der Waals surface area contributed by atoms with E-state index >= 15 is 0 Å². The molecule has 2 amide bonds. The number of aromatic carboxylic acids is 1. The Kier molecular flexibility index (Phi) is 5.31. The molecule has 2 heterocycles. The third kappa shape index (κ3) is 3.28. The van der Waals surface area contributed by atoms with E-state index in [9.17, 15) is 19.5 Å². The van der Waals surface area contributed by atoms with Gasteiger partial charge in [0.2, 0.25) is 0 Å². The second kappa shape index (κ2) is 7.95. The minimum absolute atomic E-state index is 0.129. The number of hydrogen-bond donors (Lipinski definition) is 5. The molecule has 160 valence electrons. The number of aryl methyl sites for hydroxylation is 1. The molecule has 0 aliphatic heterocycles. The van der Waals surface area contributed by atoms with Crippen molar-refractivity contribution in [2.45, 2.75) is 13.3 Å². The second-order valence-corrected chi connectivity index (χ2v) is 7.84. The van der Waals surface area contributed by atoms with Crippen molar-refractivity contribution in [3.63, 3.8) is 0 Å². The Morgan fingerprint density at radius 1 is 1.23 bits per heavy atom. The van der Waals surface area contributed by atoms with Crippen LogP contribution in [0.2, 0.25) is 0 Å². The number of fused-ring (bicyclic) bond motifs is 3. The normalized spacial score (nSPS) is 11.9. The third-order valence-corrected chi connectivity index (χ3v) is 6.32. The number of carbonyl (C=O) groups is 3. The zero-order valence-electron chi connectivity index (χ0n) is 17.0. The van der Waals surface area contributed by atoms with Crippen molar-refractivity contribution in [2.75, 3.05) is 19.4 Å². The van der Waals surface area contributed by atoms with E-state index in [0.29, 0.717) is 45.1 Å². The minimum atomic E-state index is -1.07. The molecule has 0 fully saturated rings. The summed E-state index contributed by atoms with van der Waals surface area (Å²) in [5.41, 5.74) is 7.83. The molecule has 11 heteroatoms. The Hall–Kier alpha value is -3.54. The van der Waals surface area contributed by atoms with Crippen LogP contribution in [-0.4, -0.2) is 52.3 Å². The van der Waals surface area contributed by atoms with Crippen molar-refractivity contribution in [1.82, 2.24) is 26.2 Å². The summed E-state index contributed by atoms with van der Waals surface area (Å²) >= 11 is 1.32. The average molecular weight is 440 g/mol. The highest BCUT2D eigenvalue weighted by Gasteiger charge is 2.36. The first kappa shape index (κ1) is 20.7. The number of H-pyrrole nitrogens is 1. The predicted octanol–water partition coefficient (Wildman–Crippen LogP) is 2.71. The molecule has 1 aliphatic rings. The van der Waals surface area contributed by atoms with Crippen LogP contribution >= 0.6 is 11.3 Å². The SMILES string of the molecule is CCc1cc(C(=O)O)c(-c2[nH]nc3c2C(=O)c2c(NC(=O)N(NC)NC)cccc2-3)s1. The van der Waals surface area contributed by atoms with Crippen molar-refractivity contribution in [1.29, 1.82) is 0 Å². The van der Waals surface area contributed by atoms with Crippen LogP contribution in [0.1, 0.15) is 38.1 Å². The maximum absolute atomic E-state index is 13.4. The van der Waals surface area contributed by atoms with Gasteiger partial charge in [0, 0.05) is 24.5 Å². The van der Waals surface area contributed by atoms with Gasteiger partial charge in [-0.25, -0.2) is 20.4 Å². The summed E-state index contributed by atoms with van der Waals surface area (Å²) in [4.78, 5) is 39.0. The van der Waals surface area contributed by atoms with Gasteiger partial charge in [0.1, 0.15) is 5.69 Å². The van der Waals surface area contributed by atoms with Crippen LogP contribution in [0.4, 0.5) is 10.5 Å². The maximum Gasteiger partial charge on any atom is 0.351 e. The predicted molar refractivity (Wildman–Crippen MR) is 116 cm³/mol. The van der Waals surface area contributed by atoms with E-state index in [-0.39, 0.29) is 11.3 Å². The fourth-order valence-electron chi connectivity index (χ4n) is 3.59. The molecule has 31 heavy (non-hydrogen) atoms. The van der Waals surface area contributed by atoms with Crippen LogP contribution in [0, 0.1) is 0 Å². The number of hydrogen-bond acceptors (Lipinski definition) is 7. The molecule has 0 atom stereocenters. The summed E-state index contributed by atoms with van der Waals surface area (Å²) in [6, 6.07) is 6.22. The first-order chi connectivity index (χ1) is 14.9. The lowest BCUT2D eigenvalue weighted by molar-refractivity contribution is 0.0697. The lowest BCUT2D eigenvalue weighted by Gasteiger charge is -2.20. The van der Waals surface area contributed by atoms with Gasteiger partial charge >= 0.3 is 12.0 Å². The highest BCUT2D eigenvalue weighted by molar-refractivity contribution is 7.16. The standard InChI is InChI=1S/C20H20N6O4S/c1-4-9-8-11(19(28)29)18(31-9)16-14-15(24-25-16)10-6-5-7-12(13(10)17(14)27)23-20(30)26(21-2)22-3/h5-8,21-22H,4H2,1-3H3,(H,23,30)(H,24,25)(H,28,29). The number of anilines is 1. The number of amides is 2. The van der Waals surface area contributed by atoms with Crippen LogP contribution in [0.3, 0.4) is 0 Å². The zero-order chi connectivity index (χ0) is 22.3. The average Bonchev–Trinajstić information content (AvgIpc) is 3.44. The highest BCUT2D eigenvalue weighted by Crippen LogP contribution is 2.45. The second-order valence-electron chi connectivity index (χ2n) is 6.71. The number of carboxylic acids is 1. The molecule has 10 nitrogen and oxygen atoms in total. The largest absolute Gasteiger partial charge is 0.478 e. The number of nitrogens with one attached hydrogen (secondary N) is 4. The Labute approximate surface area is 181 Å². The summed E-state index contributed by atoms with van der Waals surface area (Å²) in [5, 5.41) is 20.6. The van der Waals surface area contributed by atoms with Crippen LogP contribution < -0.4 is 16.2 Å². The first-order valence-corrected chi connectivity index (χ1v) is 10.3. The molecule has 0 radical (unpaired) electrons. The molecule has 0 saturated heterocycles. The van der Waals surface area contributed by atoms with Gasteiger partial charge < -0.3 is 10.4 Å². The van der Waals surface area contributed by atoms with E-state index in [1.807, 2.05) is 6.92 Å². The van der Waals surface area contributed by atoms with Crippen LogP contribution in [0.25, 0.3) is 21.8 Å². The van der Waals surface area contributed by atoms with E-state index in [1.54, 1.807) is 38.4 Å². The summed E-state index contributed by atoms with van der Waals surface area (Å²) in [6.45, 7) is 1.94. The summed E-state index contributed by atoms with van der Waals surface area (Å²) in [6.07, 6.45) is 0.680. The Balaban J connectivity index is 1.79. The van der Waals surface area contributed by atoms with Crippen LogP contribution in [-0.2, 0) is 6.42 Å². The topological polar surface area (TPSA) is 139 Å². The summed E-state index contributed by atoms with van der Waals surface area (Å²) in [5.74, 6) is -1.39. The third-order valence-electron chi connectivity index (χ3n) is 5.02. The molecule has 0 saturated carbocycles. The molecular formula is C20H20N6O4S. The van der Waals surface area contributed by atoms with Crippen molar-refractivity contribution in [3.05, 3.63) is 45.8 Å². The molecule has 1 aromatic carbocycles. The molecule has 2 aromatic heterocycles. The van der Waals surface area contributed by atoms with E-state index < -0.39 is 12.0 Å². The van der Waals surface area contributed by atoms with Gasteiger partial charge in [-0.2, -0.15) is 10.2 Å². The van der Waals surface area contributed by atoms with E-state index in [4.69, 9.17) is 0 Å². The molecule has 1 aliphatic carbocycles. The smallest absolute Gasteiger partial charge is 0.351 e. The molecular weight excluding hydrogens is 420 g/mol. The molecule has 0 unspecified atom stereocenters. The molecule has 3 aromatic rings. The van der Waals surface area contributed by atoms with Gasteiger partial charge in [-0.15, -0.1) is 11.3 Å². The molecule has 5 N–H and O–H groups in total. The van der Waals surface area contributed by atoms with Crippen LogP contribution in [0.5, 0.6) is 0 Å². The zero-order valence-corrected chi connectivity index (χ0v) is 17.8. The summed E-state index contributed by atoms with van der Waals surface area (Å²) in [7, 11) is 3.15.